The number of nitrogens with two attached hydrogens (primary N) is 1. The molecular weight excluding hydrogens is 376 g/mol. The number of nitrogens with zero attached hydrogens (tertiary/aromatic N) is 2. The molecule has 0 fully saturated rings. The molecule has 3 N–H and O–H groups in total. The lowest BCUT2D eigenvalue weighted by Gasteiger charge is -2.05. The molecule has 0 aliphatic heterocycles. The van der Waals surface area contributed by atoms with Crippen molar-refractivity contribution in [2.45, 2.75) is 18.6 Å². The van der Waals surface area contributed by atoms with Crippen molar-refractivity contribution in [1.82, 2.24) is 10.1 Å². The Morgan fingerprint density at radius 3 is 2.65 bits per heavy atom. The van der Waals surface area contributed by atoms with Crippen LogP contribution in [0, 0.1) is 0 Å². The van der Waals surface area contributed by atoms with Crippen LogP contribution in [0.1, 0.15) is 17.9 Å². The Morgan fingerprint density at radius 2 is 2.00 bits per heavy atom. The van der Waals surface area contributed by atoms with Crippen LogP contribution in [0.3, 0.4) is 0 Å². The average molecular weight is 392 g/mol. The van der Waals surface area contributed by atoms with Crippen molar-refractivity contribution in [2.24, 2.45) is 5.14 Å². The van der Waals surface area contributed by atoms with Gasteiger partial charge in [-0.05, 0) is 29.1 Å². The number of hydrogen-bond acceptors (Lipinski definition) is 7. The predicted molar refractivity (Wildman–Crippen MR) is 97.8 cm³/mol. The Kier molecular flexibility index (Phi) is 5.45. The number of nitrogens with one attached hydrogen (secondary N) is 1. The molecule has 1 aromatic carbocycles. The van der Waals surface area contributed by atoms with Crippen molar-refractivity contribution in [3.05, 3.63) is 53.2 Å². The van der Waals surface area contributed by atoms with E-state index in [9.17, 15) is 13.2 Å². The molecular formula is C16H16N4O4S2. The first-order valence-electron chi connectivity index (χ1n) is 7.65. The fourth-order valence-electron chi connectivity index (χ4n) is 2.22. The Hall–Kier alpha value is -2.56. The van der Waals surface area contributed by atoms with Crippen LogP contribution in [0.2, 0.25) is 0 Å². The number of anilines is 1. The van der Waals surface area contributed by atoms with Gasteiger partial charge in [-0.25, -0.2) is 13.6 Å². The zero-order chi connectivity index (χ0) is 18.6. The maximum absolute atomic E-state index is 12.0. The summed E-state index contributed by atoms with van der Waals surface area (Å²) in [7, 11) is -3.58. The van der Waals surface area contributed by atoms with Crippen molar-refractivity contribution in [2.75, 3.05) is 5.32 Å². The van der Waals surface area contributed by atoms with Gasteiger partial charge in [-0.1, -0.05) is 23.4 Å². The fraction of sp³-hybridized carbons (Fsp3) is 0.188. The highest BCUT2D eigenvalue weighted by molar-refractivity contribution is 7.88. The lowest BCUT2D eigenvalue weighted by molar-refractivity contribution is -0.116. The van der Waals surface area contributed by atoms with E-state index in [1.807, 2.05) is 17.5 Å². The lowest BCUT2D eigenvalue weighted by Crippen LogP contribution is -2.15. The summed E-state index contributed by atoms with van der Waals surface area (Å²) in [5.41, 5.74) is 1.12. The van der Waals surface area contributed by atoms with E-state index in [1.54, 1.807) is 24.3 Å². The molecule has 0 radical (unpaired) electrons. The minimum Gasteiger partial charge on any atom is -0.339 e. The Bertz CT molecular complexity index is 980. The summed E-state index contributed by atoms with van der Waals surface area (Å²) in [5.74, 6) is 0.457. The topological polar surface area (TPSA) is 128 Å². The van der Waals surface area contributed by atoms with Crippen LogP contribution in [0.5, 0.6) is 0 Å². The minimum atomic E-state index is -3.58. The Balaban J connectivity index is 1.51. The van der Waals surface area contributed by atoms with Gasteiger partial charge >= 0.3 is 0 Å². The maximum Gasteiger partial charge on any atom is 0.227 e. The third-order valence-corrected chi connectivity index (χ3v) is 4.98. The van der Waals surface area contributed by atoms with Crippen LogP contribution in [-0.4, -0.2) is 24.5 Å². The predicted octanol–water partition coefficient (Wildman–Crippen LogP) is 2.16. The molecule has 3 rings (SSSR count). The van der Waals surface area contributed by atoms with Crippen molar-refractivity contribution in [3.8, 4) is 10.7 Å². The third-order valence-electron chi connectivity index (χ3n) is 3.38. The summed E-state index contributed by atoms with van der Waals surface area (Å²) in [6, 6.07) is 10.2. The number of hydrogen-bond donors (Lipinski definition) is 2. The summed E-state index contributed by atoms with van der Waals surface area (Å²) < 4.78 is 27.2. The van der Waals surface area contributed by atoms with Gasteiger partial charge in [-0.2, -0.15) is 4.98 Å². The van der Waals surface area contributed by atoms with Gasteiger partial charge in [-0.15, -0.1) is 11.3 Å². The van der Waals surface area contributed by atoms with Crippen molar-refractivity contribution >= 4 is 33.0 Å². The lowest BCUT2D eigenvalue weighted by atomic mass is 10.2. The first kappa shape index (κ1) is 18.2. The zero-order valence-corrected chi connectivity index (χ0v) is 15.2. The summed E-state index contributed by atoms with van der Waals surface area (Å²) in [5, 5.41) is 13.5. The van der Waals surface area contributed by atoms with E-state index in [2.05, 4.69) is 15.5 Å². The van der Waals surface area contributed by atoms with E-state index in [4.69, 9.17) is 9.66 Å². The SMILES string of the molecule is NS(=O)(=O)Cc1ccc(NC(=O)CCc2nc(-c3cccs3)no2)cc1. The minimum absolute atomic E-state index is 0.186. The molecule has 0 saturated carbocycles. The van der Waals surface area contributed by atoms with Crippen molar-refractivity contribution in [1.29, 1.82) is 0 Å². The highest BCUT2D eigenvalue weighted by Crippen LogP contribution is 2.21. The van der Waals surface area contributed by atoms with Gasteiger partial charge in [0.1, 0.15) is 0 Å². The van der Waals surface area contributed by atoms with Crippen LogP contribution in [-0.2, 0) is 27.0 Å². The first-order chi connectivity index (χ1) is 12.4. The molecule has 0 unspecified atom stereocenters. The monoisotopic (exact) mass is 392 g/mol. The molecule has 0 aliphatic rings. The smallest absolute Gasteiger partial charge is 0.227 e. The van der Waals surface area contributed by atoms with E-state index in [1.165, 1.54) is 11.3 Å². The van der Waals surface area contributed by atoms with Gasteiger partial charge < -0.3 is 9.84 Å². The number of primary sulfonamides is 1. The van der Waals surface area contributed by atoms with Crippen LogP contribution >= 0.6 is 11.3 Å². The van der Waals surface area contributed by atoms with Crippen molar-refractivity contribution < 1.29 is 17.7 Å². The molecule has 3 aromatic rings. The largest absolute Gasteiger partial charge is 0.339 e. The van der Waals surface area contributed by atoms with Crippen LogP contribution in [0.4, 0.5) is 5.69 Å². The second-order valence-corrected chi connectivity index (χ2v) is 8.10. The molecule has 26 heavy (non-hydrogen) atoms. The Labute approximate surface area is 154 Å². The van der Waals surface area contributed by atoms with E-state index in [0.29, 0.717) is 29.4 Å². The van der Waals surface area contributed by atoms with Crippen LogP contribution in [0.25, 0.3) is 10.7 Å². The quantitative estimate of drug-likeness (QED) is 0.634. The first-order valence-corrected chi connectivity index (χ1v) is 10.2. The van der Waals surface area contributed by atoms with E-state index in [0.717, 1.165) is 4.88 Å². The number of aryl methyl sites for hydroxylation is 1. The van der Waals surface area contributed by atoms with E-state index >= 15 is 0 Å². The number of carbonyl (C=O) groups excluding carboxylic acids is 1. The molecule has 8 nitrogen and oxygen atoms in total. The number of thiophene rings is 1. The number of rotatable bonds is 7. The van der Waals surface area contributed by atoms with Gasteiger partial charge in [-0.3, -0.25) is 4.79 Å². The van der Waals surface area contributed by atoms with Gasteiger partial charge in [0.05, 0.1) is 10.6 Å². The van der Waals surface area contributed by atoms with Gasteiger partial charge in [0, 0.05) is 18.5 Å². The second kappa shape index (κ2) is 7.77. The molecule has 0 atom stereocenters. The van der Waals surface area contributed by atoms with E-state index in [-0.39, 0.29) is 18.1 Å². The average Bonchev–Trinajstić information content (AvgIpc) is 3.24. The number of carbonyl (C=O) groups is 1. The van der Waals surface area contributed by atoms with Crippen LogP contribution in [0.15, 0.2) is 46.3 Å². The van der Waals surface area contributed by atoms with Crippen LogP contribution < -0.4 is 10.5 Å². The molecule has 2 heterocycles. The summed E-state index contributed by atoms with van der Waals surface area (Å²) in [4.78, 5) is 17.2. The molecule has 2 aromatic heterocycles. The molecule has 0 spiro atoms. The molecule has 10 heteroatoms. The Morgan fingerprint density at radius 1 is 1.23 bits per heavy atom. The molecule has 0 saturated heterocycles. The molecule has 0 bridgehead atoms. The second-order valence-electron chi connectivity index (χ2n) is 5.54. The number of benzene rings is 1. The highest BCUT2D eigenvalue weighted by atomic mass is 32.2. The third kappa shape index (κ3) is 5.22. The summed E-state index contributed by atoms with van der Waals surface area (Å²) in [6.45, 7) is 0. The summed E-state index contributed by atoms with van der Waals surface area (Å²) >= 11 is 1.51. The van der Waals surface area contributed by atoms with Gasteiger partial charge in [0.2, 0.25) is 27.6 Å². The summed E-state index contributed by atoms with van der Waals surface area (Å²) in [6.07, 6.45) is 0.513. The standard InChI is InChI=1S/C16H16N4O4S2/c17-26(22,23)10-11-3-5-12(6-4-11)18-14(21)7-8-15-19-16(20-24-15)13-2-1-9-25-13/h1-6,9H,7-8,10H2,(H,18,21)(H2,17,22,23). The molecule has 0 aliphatic carbocycles. The zero-order valence-electron chi connectivity index (χ0n) is 13.6. The van der Waals surface area contributed by atoms with E-state index < -0.39 is 10.0 Å². The number of aromatic nitrogens is 2. The fourth-order valence-corrected chi connectivity index (χ4v) is 3.53. The maximum atomic E-state index is 12.0. The van der Waals surface area contributed by atoms with Gasteiger partial charge in [0.25, 0.3) is 0 Å². The van der Waals surface area contributed by atoms with Gasteiger partial charge in [0.15, 0.2) is 0 Å². The van der Waals surface area contributed by atoms with Crippen molar-refractivity contribution in [3.63, 3.8) is 0 Å². The number of amides is 1. The normalized spacial score (nSPS) is 11.4. The molecule has 136 valence electrons. The number of sulfonamides is 1. The molecule has 1 amide bonds. The highest BCUT2D eigenvalue weighted by Gasteiger charge is 2.11.